The molecule has 2 aromatic carbocycles. The number of nitrogens with two attached hydrogens (primary N) is 1. The van der Waals surface area contributed by atoms with Gasteiger partial charge in [0.1, 0.15) is 11.4 Å². The van der Waals surface area contributed by atoms with Crippen molar-refractivity contribution in [1.29, 1.82) is 0 Å². The van der Waals surface area contributed by atoms with Gasteiger partial charge in [0.25, 0.3) is 0 Å². The van der Waals surface area contributed by atoms with Crippen LogP contribution in [0, 0.1) is 0 Å². The van der Waals surface area contributed by atoms with Gasteiger partial charge in [0.05, 0.1) is 10.4 Å². The molecule has 4 N–H and O–H groups in total. The Bertz CT molecular complexity index is 1290. The summed E-state index contributed by atoms with van der Waals surface area (Å²) < 4.78 is 5.93. The average Bonchev–Trinajstić information content (AvgIpc) is 2.75. The van der Waals surface area contributed by atoms with Crippen molar-refractivity contribution in [2.24, 2.45) is 0 Å². The lowest BCUT2D eigenvalue weighted by molar-refractivity contribution is 0.479. The highest BCUT2D eigenvalue weighted by atomic mass is 35.5. The number of pyridine rings is 1. The first-order valence-corrected chi connectivity index (χ1v) is 10.4. The van der Waals surface area contributed by atoms with Crippen molar-refractivity contribution in [2.45, 2.75) is 18.9 Å². The summed E-state index contributed by atoms with van der Waals surface area (Å²) in [4.78, 5) is 17.2. The number of nitrogens with one attached hydrogen (secondary N) is 2. The van der Waals surface area contributed by atoms with E-state index in [9.17, 15) is 4.79 Å². The summed E-state index contributed by atoms with van der Waals surface area (Å²) in [5, 5.41) is 7.60. The predicted octanol–water partition coefficient (Wildman–Crippen LogP) is 4.41. The monoisotopic (exact) mass is 420 g/mol. The molecule has 3 heterocycles. The second-order valence-corrected chi connectivity index (χ2v) is 7.97. The Hall–Kier alpha value is -3.09. The van der Waals surface area contributed by atoms with Gasteiger partial charge in [-0.05, 0) is 61.8 Å². The normalized spacial score (nSPS) is 15.0. The Morgan fingerprint density at radius 2 is 1.87 bits per heavy atom. The molecular formula is C23H21ClN4O2. The third kappa shape index (κ3) is 3.38. The van der Waals surface area contributed by atoms with E-state index in [0.29, 0.717) is 27.6 Å². The molecule has 5 rings (SSSR count). The fourth-order valence-corrected chi connectivity index (χ4v) is 4.23. The second kappa shape index (κ2) is 7.63. The quantitative estimate of drug-likeness (QED) is 0.425. The number of anilines is 2. The molecule has 30 heavy (non-hydrogen) atoms. The molecule has 0 unspecified atom stereocenters. The number of halogens is 1. The summed E-state index contributed by atoms with van der Waals surface area (Å²) in [5.41, 5.74) is 9.63. The molecule has 2 aromatic heterocycles. The molecule has 1 fully saturated rings. The van der Waals surface area contributed by atoms with Gasteiger partial charge in [-0.25, -0.2) is 4.98 Å². The number of nitrogen functional groups attached to an aromatic ring is 1. The van der Waals surface area contributed by atoms with Gasteiger partial charge >= 0.3 is 0 Å². The number of hydrogen-bond donors (Lipinski definition) is 3. The highest BCUT2D eigenvalue weighted by molar-refractivity contribution is 6.35. The maximum atomic E-state index is 12.9. The largest absolute Gasteiger partial charge is 0.454 e. The summed E-state index contributed by atoms with van der Waals surface area (Å²) in [5.74, 6) is 0.278. The molecule has 7 heteroatoms. The minimum absolute atomic E-state index is 0.182. The Labute approximate surface area is 178 Å². The maximum Gasteiger partial charge on any atom is 0.220 e. The molecule has 1 saturated heterocycles. The van der Waals surface area contributed by atoms with E-state index in [1.807, 2.05) is 24.3 Å². The molecule has 0 aliphatic carbocycles. The van der Waals surface area contributed by atoms with Crippen molar-refractivity contribution < 1.29 is 4.42 Å². The van der Waals surface area contributed by atoms with E-state index >= 15 is 0 Å². The van der Waals surface area contributed by atoms with Crippen LogP contribution in [0.3, 0.4) is 0 Å². The highest BCUT2D eigenvalue weighted by Gasteiger charge is 2.16. The number of hydrogen-bond acceptors (Lipinski definition) is 6. The van der Waals surface area contributed by atoms with E-state index in [1.165, 1.54) is 0 Å². The summed E-state index contributed by atoms with van der Waals surface area (Å²) >= 11 is 6.19. The maximum absolute atomic E-state index is 12.9. The molecule has 0 atom stereocenters. The van der Waals surface area contributed by atoms with Crippen LogP contribution < -0.4 is 21.8 Å². The van der Waals surface area contributed by atoms with Gasteiger partial charge in [-0.1, -0.05) is 29.8 Å². The van der Waals surface area contributed by atoms with Gasteiger partial charge < -0.3 is 20.8 Å². The SMILES string of the molecule is Nc1nc2c(=O)c3c(Cl)cccc3oc2cc1-c1ccc(NC2CCNCC2)cc1. The highest BCUT2D eigenvalue weighted by Crippen LogP contribution is 2.31. The van der Waals surface area contributed by atoms with Gasteiger partial charge in [0.15, 0.2) is 11.1 Å². The Morgan fingerprint density at radius 1 is 1.10 bits per heavy atom. The van der Waals surface area contributed by atoms with Gasteiger partial charge in [-0.2, -0.15) is 0 Å². The van der Waals surface area contributed by atoms with Crippen LogP contribution in [-0.2, 0) is 0 Å². The number of aromatic nitrogens is 1. The van der Waals surface area contributed by atoms with Crippen LogP contribution in [0.15, 0.2) is 57.7 Å². The van der Waals surface area contributed by atoms with Crippen LogP contribution >= 0.6 is 11.6 Å². The molecule has 0 saturated carbocycles. The summed E-state index contributed by atoms with van der Waals surface area (Å²) in [7, 11) is 0. The van der Waals surface area contributed by atoms with Gasteiger partial charge in [-0.3, -0.25) is 4.79 Å². The molecule has 0 radical (unpaired) electrons. The molecule has 0 bridgehead atoms. The number of benzene rings is 2. The van der Waals surface area contributed by atoms with Crippen LogP contribution in [0.2, 0.25) is 5.02 Å². The summed E-state index contributed by atoms with van der Waals surface area (Å²) in [6.07, 6.45) is 2.22. The second-order valence-electron chi connectivity index (χ2n) is 7.56. The van der Waals surface area contributed by atoms with E-state index in [4.69, 9.17) is 21.8 Å². The molecule has 1 aliphatic rings. The van der Waals surface area contributed by atoms with Crippen LogP contribution in [0.5, 0.6) is 0 Å². The first-order valence-electron chi connectivity index (χ1n) is 9.99. The van der Waals surface area contributed by atoms with Crippen LogP contribution in [0.4, 0.5) is 11.5 Å². The predicted molar refractivity (Wildman–Crippen MR) is 122 cm³/mol. The number of fused-ring (bicyclic) bond motifs is 2. The van der Waals surface area contributed by atoms with Crippen LogP contribution in [-0.4, -0.2) is 24.1 Å². The van der Waals surface area contributed by atoms with E-state index in [2.05, 4.69) is 15.6 Å². The number of nitrogens with zero attached hydrogens (tertiary/aromatic N) is 1. The standard InChI is InChI=1S/C23H21ClN4O2/c24-17-2-1-3-18-20(17)22(29)21-19(30-18)12-16(23(25)28-21)13-4-6-14(7-5-13)27-15-8-10-26-11-9-15/h1-7,12,15,26-27H,8-11H2,(H2,25,28). The van der Waals surface area contributed by atoms with Gasteiger partial charge in [0.2, 0.25) is 5.43 Å². The molecule has 152 valence electrons. The molecule has 0 amide bonds. The van der Waals surface area contributed by atoms with E-state index in [0.717, 1.165) is 42.7 Å². The fourth-order valence-electron chi connectivity index (χ4n) is 3.98. The Balaban J connectivity index is 1.53. The number of piperidine rings is 1. The van der Waals surface area contributed by atoms with Crippen molar-refractivity contribution in [3.63, 3.8) is 0 Å². The van der Waals surface area contributed by atoms with Gasteiger partial charge in [0, 0.05) is 17.3 Å². The van der Waals surface area contributed by atoms with Crippen molar-refractivity contribution >= 4 is 45.2 Å². The zero-order valence-corrected chi connectivity index (χ0v) is 17.0. The lowest BCUT2D eigenvalue weighted by Gasteiger charge is -2.24. The minimum atomic E-state index is -0.281. The van der Waals surface area contributed by atoms with Crippen molar-refractivity contribution in [3.05, 3.63) is 63.8 Å². The minimum Gasteiger partial charge on any atom is -0.454 e. The van der Waals surface area contributed by atoms with Crippen LogP contribution in [0.25, 0.3) is 33.2 Å². The van der Waals surface area contributed by atoms with Crippen LogP contribution in [0.1, 0.15) is 12.8 Å². The zero-order chi connectivity index (χ0) is 20.7. The number of rotatable bonds is 3. The van der Waals surface area contributed by atoms with Crippen molar-refractivity contribution in [2.75, 3.05) is 24.1 Å². The van der Waals surface area contributed by atoms with E-state index in [-0.39, 0.29) is 16.8 Å². The van der Waals surface area contributed by atoms with Gasteiger partial charge in [-0.15, -0.1) is 0 Å². The molecular weight excluding hydrogens is 400 g/mol. The first kappa shape index (κ1) is 18.9. The van der Waals surface area contributed by atoms with Crippen molar-refractivity contribution in [1.82, 2.24) is 10.3 Å². The lowest BCUT2D eigenvalue weighted by Crippen LogP contribution is -2.35. The fraction of sp³-hybridized carbons (Fsp3) is 0.217. The third-order valence-electron chi connectivity index (χ3n) is 5.56. The molecule has 6 nitrogen and oxygen atoms in total. The van der Waals surface area contributed by atoms with E-state index in [1.54, 1.807) is 24.3 Å². The topological polar surface area (TPSA) is 93.2 Å². The Morgan fingerprint density at radius 3 is 2.63 bits per heavy atom. The smallest absolute Gasteiger partial charge is 0.220 e. The molecule has 0 spiro atoms. The van der Waals surface area contributed by atoms with E-state index < -0.39 is 0 Å². The third-order valence-corrected chi connectivity index (χ3v) is 5.88. The first-order chi connectivity index (χ1) is 14.6. The van der Waals surface area contributed by atoms with Crippen molar-refractivity contribution in [3.8, 4) is 11.1 Å². The molecule has 1 aliphatic heterocycles. The Kier molecular flexibility index (Phi) is 4.81. The average molecular weight is 421 g/mol. The molecule has 4 aromatic rings. The zero-order valence-electron chi connectivity index (χ0n) is 16.2. The summed E-state index contributed by atoms with van der Waals surface area (Å²) in [6, 6.07) is 15.5. The summed E-state index contributed by atoms with van der Waals surface area (Å²) in [6.45, 7) is 2.08. The lowest BCUT2D eigenvalue weighted by atomic mass is 10.0.